The molecule has 2 aromatic heterocycles. The minimum absolute atomic E-state index is 0.205. The maximum absolute atomic E-state index is 12.2. The zero-order valence-electron chi connectivity index (χ0n) is 12.6. The first-order chi connectivity index (χ1) is 11.6. The van der Waals surface area contributed by atoms with Crippen molar-refractivity contribution in [2.75, 3.05) is 5.32 Å². The predicted octanol–water partition coefficient (Wildman–Crippen LogP) is 2.48. The van der Waals surface area contributed by atoms with Crippen molar-refractivity contribution < 1.29 is 9.21 Å². The van der Waals surface area contributed by atoms with E-state index in [2.05, 4.69) is 25.6 Å². The van der Waals surface area contributed by atoms with Crippen molar-refractivity contribution in [1.29, 1.82) is 0 Å². The summed E-state index contributed by atoms with van der Waals surface area (Å²) in [7, 11) is 0. The van der Waals surface area contributed by atoms with E-state index in [0.717, 1.165) is 0 Å². The Hall–Kier alpha value is -2.39. The normalized spacial score (nSPS) is 12.1. The topological polar surface area (TPSA) is 98.7 Å². The zero-order valence-corrected chi connectivity index (χ0v) is 14.2. The fraction of sp³-hybridized carbons (Fsp3) is 0.214. The van der Waals surface area contributed by atoms with Crippen molar-refractivity contribution in [3.63, 3.8) is 0 Å². The van der Waals surface area contributed by atoms with Gasteiger partial charge in [0.15, 0.2) is 0 Å². The number of thioether (sulfide) groups is 1. The SMILES string of the molecule is CC(Sc1nnc(Cn2cncn2)o1)C(=O)Nc1ccccc1Cl. The second-order valence-electron chi connectivity index (χ2n) is 4.78. The maximum Gasteiger partial charge on any atom is 0.277 e. The van der Waals surface area contributed by atoms with Crippen LogP contribution in [0.1, 0.15) is 12.8 Å². The Kier molecular flexibility index (Phi) is 5.11. The smallest absolute Gasteiger partial charge is 0.277 e. The lowest BCUT2D eigenvalue weighted by molar-refractivity contribution is -0.115. The monoisotopic (exact) mass is 364 g/mol. The summed E-state index contributed by atoms with van der Waals surface area (Å²) in [6, 6.07) is 7.04. The van der Waals surface area contributed by atoms with Gasteiger partial charge in [-0.15, -0.1) is 10.2 Å². The number of nitrogens with zero attached hydrogens (tertiary/aromatic N) is 5. The molecule has 124 valence electrons. The number of benzene rings is 1. The molecular weight excluding hydrogens is 352 g/mol. The minimum atomic E-state index is -0.430. The highest BCUT2D eigenvalue weighted by atomic mass is 35.5. The number of amides is 1. The highest BCUT2D eigenvalue weighted by molar-refractivity contribution is 8.00. The number of carbonyl (C=O) groups excluding carboxylic acids is 1. The summed E-state index contributed by atoms with van der Waals surface area (Å²) in [4.78, 5) is 16.1. The fourth-order valence-corrected chi connectivity index (χ4v) is 2.69. The minimum Gasteiger partial charge on any atom is -0.414 e. The Morgan fingerprint density at radius 1 is 1.42 bits per heavy atom. The van der Waals surface area contributed by atoms with Crippen molar-refractivity contribution in [1.82, 2.24) is 25.0 Å². The van der Waals surface area contributed by atoms with Crippen LogP contribution >= 0.6 is 23.4 Å². The van der Waals surface area contributed by atoms with Crippen LogP contribution in [0.4, 0.5) is 5.69 Å². The van der Waals surface area contributed by atoms with E-state index < -0.39 is 5.25 Å². The third-order valence-electron chi connectivity index (χ3n) is 2.99. The molecule has 0 radical (unpaired) electrons. The molecule has 0 saturated heterocycles. The summed E-state index contributed by atoms with van der Waals surface area (Å²) in [5, 5.41) is 14.9. The van der Waals surface area contributed by atoms with E-state index in [1.807, 2.05) is 0 Å². The van der Waals surface area contributed by atoms with Gasteiger partial charge in [0.05, 0.1) is 16.0 Å². The molecule has 0 bridgehead atoms. The number of anilines is 1. The van der Waals surface area contributed by atoms with Crippen LogP contribution in [0.15, 0.2) is 46.6 Å². The van der Waals surface area contributed by atoms with Crippen LogP contribution in [0.5, 0.6) is 0 Å². The summed E-state index contributed by atoms with van der Waals surface area (Å²) >= 11 is 7.20. The molecular formula is C14H13ClN6O2S. The molecule has 1 unspecified atom stereocenters. The summed E-state index contributed by atoms with van der Waals surface area (Å²) in [5.41, 5.74) is 0.564. The number of nitrogens with one attached hydrogen (secondary N) is 1. The van der Waals surface area contributed by atoms with Gasteiger partial charge in [-0.1, -0.05) is 35.5 Å². The molecule has 1 atom stereocenters. The number of aromatic nitrogens is 5. The molecule has 3 rings (SSSR count). The van der Waals surface area contributed by atoms with Gasteiger partial charge < -0.3 is 9.73 Å². The molecule has 8 nitrogen and oxygen atoms in total. The number of rotatable bonds is 6. The lowest BCUT2D eigenvalue weighted by atomic mass is 10.3. The predicted molar refractivity (Wildman–Crippen MR) is 88.8 cm³/mol. The highest BCUT2D eigenvalue weighted by Gasteiger charge is 2.19. The van der Waals surface area contributed by atoms with E-state index in [-0.39, 0.29) is 5.91 Å². The van der Waals surface area contributed by atoms with Crippen LogP contribution < -0.4 is 5.32 Å². The van der Waals surface area contributed by atoms with Gasteiger partial charge >= 0.3 is 0 Å². The van der Waals surface area contributed by atoms with Gasteiger partial charge in [-0.3, -0.25) is 4.79 Å². The quantitative estimate of drug-likeness (QED) is 0.671. The van der Waals surface area contributed by atoms with Gasteiger partial charge in [0.25, 0.3) is 5.22 Å². The average molecular weight is 365 g/mol. The molecule has 1 N–H and O–H groups in total. The van der Waals surface area contributed by atoms with Crippen molar-refractivity contribution in [3.8, 4) is 0 Å². The molecule has 0 fully saturated rings. The van der Waals surface area contributed by atoms with Crippen LogP contribution in [0.3, 0.4) is 0 Å². The zero-order chi connectivity index (χ0) is 16.9. The maximum atomic E-state index is 12.2. The number of hydrogen-bond donors (Lipinski definition) is 1. The van der Waals surface area contributed by atoms with Crippen LogP contribution in [0, 0.1) is 0 Å². The third kappa shape index (κ3) is 4.12. The van der Waals surface area contributed by atoms with Crippen LogP contribution in [0.25, 0.3) is 0 Å². The standard InChI is InChI=1S/C14H13ClN6O2S/c1-9(13(22)18-11-5-3-2-4-10(11)15)24-14-20-19-12(23-14)6-21-8-16-7-17-21/h2-5,7-9H,6H2,1H3,(H,18,22). The number of hydrogen-bond acceptors (Lipinski definition) is 7. The first-order valence-corrected chi connectivity index (χ1v) is 8.24. The van der Waals surface area contributed by atoms with Gasteiger partial charge in [-0.05, 0) is 19.1 Å². The molecule has 0 aliphatic carbocycles. The molecule has 0 aliphatic rings. The van der Waals surface area contributed by atoms with Gasteiger partial charge in [0.2, 0.25) is 11.8 Å². The largest absolute Gasteiger partial charge is 0.414 e. The average Bonchev–Trinajstić information content (AvgIpc) is 3.22. The van der Waals surface area contributed by atoms with Gasteiger partial charge in [0, 0.05) is 0 Å². The van der Waals surface area contributed by atoms with Crippen LogP contribution in [-0.2, 0) is 11.3 Å². The molecule has 0 aliphatic heterocycles. The number of para-hydroxylation sites is 1. The Morgan fingerprint density at radius 2 is 2.25 bits per heavy atom. The molecule has 10 heteroatoms. The van der Waals surface area contributed by atoms with E-state index >= 15 is 0 Å². The summed E-state index contributed by atoms with van der Waals surface area (Å²) in [6.45, 7) is 2.08. The first-order valence-electron chi connectivity index (χ1n) is 6.98. The number of halogens is 1. The van der Waals surface area contributed by atoms with Crippen LogP contribution in [0.2, 0.25) is 5.02 Å². The second-order valence-corrected chi connectivity index (χ2v) is 6.48. The van der Waals surface area contributed by atoms with E-state index in [4.69, 9.17) is 16.0 Å². The Labute approximate surface area is 146 Å². The lowest BCUT2D eigenvalue weighted by Gasteiger charge is -2.10. The number of carbonyl (C=O) groups is 1. The van der Waals surface area contributed by atoms with Crippen molar-refractivity contribution in [2.24, 2.45) is 0 Å². The molecule has 1 aromatic carbocycles. The first kappa shape index (κ1) is 16.5. The Bertz CT molecular complexity index is 822. The summed E-state index contributed by atoms with van der Waals surface area (Å²) in [6.07, 6.45) is 2.98. The van der Waals surface area contributed by atoms with E-state index in [1.54, 1.807) is 42.2 Å². The van der Waals surface area contributed by atoms with Crippen molar-refractivity contribution >= 4 is 35.0 Å². The van der Waals surface area contributed by atoms with Crippen molar-refractivity contribution in [2.45, 2.75) is 23.9 Å². The fourth-order valence-electron chi connectivity index (χ4n) is 1.80. The van der Waals surface area contributed by atoms with Gasteiger partial charge in [-0.25, -0.2) is 9.67 Å². The molecule has 24 heavy (non-hydrogen) atoms. The molecule has 1 amide bonds. The highest BCUT2D eigenvalue weighted by Crippen LogP contribution is 2.25. The third-order valence-corrected chi connectivity index (χ3v) is 4.25. The molecule has 3 aromatic rings. The van der Waals surface area contributed by atoms with E-state index in [0.29, 0.717) is 28.4 Å². The van der Waals surface area contributed by atoms with Crippen molar-refractivity contribution in [3.05, 3.63) is 47.8 Å². The van der Waals surface area contributed by atoms with E-state index in [1.165, 1.54) is 18.1 Å². The van der Waals surface area contributed by atoms with E-state index in [9.17, 15) is 4.79 Å². The molecule has 2 heterocycles. The van der Waals surface area contributed by atoms with Gasteiger partial charge in [0.1, 0.15) is 19.2 Å². The second kappa shape index (κ2) is 7.45. The summed E-state index contributed by atoms with van der Waals surface area (Å²) < 4.78 is 7.06. The van der Waals surface area contributed by atoms with Crippen LogP contribution in [-0.4, -0.2) is 36.1 Å². The Morgan fingerprint density at radius 3 is 3.00 bits per heavy atom. The molecule has 0 spiro atoms. The summed E-state index contributed by atoms with van der Waals surface area (Å²) in [5.74, 6) is 0.186. The Balaban J connectivity index is 1.58. The molecule has 0 saturated carbocycles. The lowest BCUT2D eigenvalue weighted by Crippen LogP contribution is -2.22. The van der Waals surface area contributed by atoms with Gasteiger partial charge in [-0.2, -0.15) is 5.10 Å².